The fourth-order valence-corrected chi connectivity index (χ4v) is 3.06. The Bertz CT molecular complexity index is 882. The molecule has 8 heteroatoms. The number of nitrogens with two attached hydrogens (primary N) is 1. The number of carboxylic acids is 1. The molecule has 0 saturated carbocycles. The number of nitrogens with zero attached hydrogens (tertiary/aromatic N) is 1. The Morgan fingerprint density at radius 2 is 1.67 bits per heavy atom. The van der Waals surface area contributed by atoms with Crippen LogP contribution in [0, 0.1) is 5.92 Å². The first-order valence-electron chi connectivity index (χ1n) is 9.64. The van der Waals surface area contributed by atoms with Gasteiger partial charge < -0.3 is 21.6 Å². The van der Waals surface area contributed by atoms with Crippen molar-refractivity contribution in [3.05, 3.63) is 65.7 Å². The van der Waals surface area contributed by atoms with Crippen LogP contribution in [0.25, 0.3) is 0 Å². The molecule has 5 N–H and O–H groups in total. The second kappa shape index (κ2) is 11.4. The number of aliphatic carboxylic acids is 1. The molecule has 2 unspecified atom stereocenters. The first kappa shape index (κ1) is 22.6. The Labute approximate surface area is 175 Å². The monoisotopic (exact) mass is 410 g/mol. The van der Waals surface area contributed by atoms with Gasteiger partial charge in [0.25, 0.3) is 0 Å². The average molecular weight is 410 g/mol. The fraction of sp³-hybridized carbons (Fsp3) is 0.273. The molecular formula is C22H26N4O4. The number of hydrogen-bond donors (Lipinski definition) is 4. The molecule has 2 atom stereocenters. The molecule has 0 aromatic heterocycles. The lowest BCUT2D eigenvalue weighted by molar-refractivity contribution is -0.143. The number of nitrogens with one attached hydrogen (secondary N) is 2. The Hall–Kier alpha value is -3.68. The van der Waals surface area contributed by atoms with Crippen molar-refractivity contribution in [3.8, 4) is 0 Å². The molecule has 2 rings (SSSR count). The highest BCUT2D eigenvalue weighted by molar-refractivity contribution is 5.93. The van der Waals surface area contributed by atoms with Crippen LogP contribution >= 0.6 is 0 Å². The molecule has 8 nitrogen and oxygen atoms in total. The van der Waals surface area contributed by atoms with Crippen molar-refractivity contribution in [3.63, 3.8) is 0 Å². The van der Waals surface area contributed by atoms with Crippen LogP contribution in [0.3, 0.4) is 0 Å². The van der Waals surface area contributed by atoms with Crippen LogP contribution in [0.1, 0.15) is 43.4 Å². The van der Waals surface area contributed by atoms with Crippen molar-refractivity contribution in [1.82, 2.24) is 5.32 Å². The van der Waals surface area contributed by atoms with E-state index < -0.39 is 17.9 Å². The van der Waals surface area contributed by atoms with Gasteiger partial charge in [0, 0.05) is 18.5 Å². The average Bonchev–Trinajstić information content (AvgIpc) is 2.74. The number of benzene rings is 2. The van der Waals surface area contributed by atoms with E-state index in [1.54, 1.807) is 55.5 Å². The molecule has 2 aromatic carbocycles. The van der Waals surface area contributed by atoms with Gasteiger partial charge in [-0.25, -0.2) is 0 Å². The van der Waals surface area contributed by atoms with Gasteiger partial charge in [0.05, 0.1) is 18.2 Å². The van der Waals surface area contributed by atoms with Crippen LogP contribution in [0.5, 0.6) is 0 Å². The van der Waals surface area contributed by atoms with Crippen LogP contribution < -0.4 is 16.5 Å². The van der Waals surface area contributed by atoms with E-state index in [1.807, 2.05) is 6.07 Å². The Kier molecular flexibility index (Phi) is 8.56. The summed E-state index contributed by atoms with van der Waals surface area (Å²) in [5.41, 5.74) is 2.10. The first-order chi connectivity index (χ1) is 14.4. The van der Waals surface area contributed by atoms with Crippen LogP contribution in [0.4, 0.5) is 5.69 Å². The standard InChI is InChI=1S/C22H26N4O4/c1-2-18(22(29)30)21(16-6-4-3-5-7-16)26-20(28)13-12-19(27)25-17-10-8-15(9-11-17)14-24-23/h3-11,14,18,21H,2,12-13,23H2,1H3,(H,25,27)(H,26,28)(H,29,30). The zero-order valence-electron chi connectivity index (χ0n) is 16.7. The van der Waals surface area contributed by atoms with E-state index in [0.717, 1.165) is 5.56 Å². The zero-order chi connectivity index (χ0) is 21.9. The highest BCUT2D eigenvalue weighted by atomic mass is 16.4. The fourth-order valence-electron chi connectivity index (χ4n) is 3.06. The topological polar surface area (TPSA) is 134 Å². The number of carboxylic acid groups (broad SMARTS) is 1. The Balaban J connectivity index is 1.94. The van der Waals surface area contributed by atoms with Gasteiger partial charge in [-0.2, -0.15) is 5.10 Å². The van der Waals surface area contributed by atoms with Gasteiger partial charge in [0.15, 0.2) is 0 Å². The lowest BCUT2D eigenvalue weighted by atomic mass is 9.90. The largest absolute Gasteiger partial charge is 0.481 e. The Morgan fingerprint density at radius 3 is 2.23 bits per heavy atom. The number of hydrogen-bond acceptors (Lipinski definition) is 5. The van der Waals surface area contributed by atoms with Crippen LogP contribution in [-0.4, -0.2) is 29.1 Å². The number of amides is 2. The van der Waals surface area contributed by atoms with Crippen LogP contribution in [0.2, 0.25) is 0 Å². The van der Waals surface area contributed by atoms with E-state index in [2.05, 4.69) is 15.7 Å². The molecule has 0 heterocycles. The molecule has 2 aromatic rings. The van der Waals surface area contributed by atoms with Crippen molar-refractivity contribution in [2.45, 2.75) is 32.2 Å². The minimum absolute atomic E-state index is 0.0246. The molecule has 0 aliphatic carbocycles. The predicted octanol–water partition coefficient (Wildman–Crippen LogP) is 2.67. The summed E-state index contributed by atoms with van der Waals surface area (Å²) in [5, 5.41) is 18.4. The summed E-state index contributed by atoms with van der Waals surface area (Å²) < 4.78 is 0. The normalized spacial score (nSPS) is 12.8. The van der Waals surface area contributed by atoms with Gasteiger partial charge in [-0.3, -0.25) is 14.4 Å². The number of hydrazone groups is 1. The lowest BCUT2D eigenvalue weighted by Gasteiger charge is -2.25. The SMILES string of the molecule is CCC(C(=O)O)C(NC(=O)CCC(=O)Nc1ccc(C=NN)cc1)c1ccccc1. The maximum Gasteiger partial charge on any atom is 0.308 e. The maximum atomic E-state index is 12.4. The molecule has 158 valence electrons. The van der Waals surface area contributed by atoms with E-state index in [4.69, 9.17) is 5.84 Å². The minimum atomic E-state index is -0.979. The van der Waals surface area contributed by atoms with E-state index >= 15 is 0 Å². The van der Waals surface area contributed by atoms with Gasteiger partial charge in [0.2, 0.25) is 11.8 Å². The van der Waals surface area contributed by atoms with Crippen LogP contribution in [0.15, 0.2) is 59.7 Å². The molecule has 0 aliphatic rings. The van der Waals surface area contributed by atoms with Gasteiger partial charge in [-0.15, -0.1) is 0 Å². The molecule has 0 fully saturated rings. The summed E-state index contributed by atoms with van der Waals surface area (Å²) in [6, 6.07) is 15.2. The van der Waals surface area contributed by atoms with Gasteiger partial charge in [0.1, 0.15) is 0 Å². The highest BCUT2D eigenvalue weighted by Gasteiger charge is 2.29. The van der Waals surface area contributed by atoms with Gasteiger partial charge >= 0.3 is 5.97 Å². The minimum Gasteiger partial charge on any atom is -0.481 e. The zero-order valence-corrected chi connectivity index (χ0v) is 16.7. The predicted molar refractivity (Wildman–Crippen MR) is 115 cm³/mol. The molecule has 2 amide bonds. The quantitative estimate of drug-likeness (QED) is 0.271. The van der Waals surface area contributed by atoms with Crippen molar-refractivity contribution < 1.29 is 19.5 Å². The van der Waals surface area contributed by atoms with Crippen molar-refractivity contribution in [1.29, 1.82) is 0 Å². The molecule has 0 saturated heterocycles. The molecule has 0 aliphatic heterocycles. The maximum absolute atomic E-state index is 12.4. The van der Waals surface area contributed by atoms with E-state index in [0.29, 0.717) is 17.7 Å². The van der Waals surface area contributed by atoms with E-state index in [-0.39, 0.29) is 24.7 Å². The number of carbonyl (C=O) groups is 3. The third kappa shape index (κ3) is 6.73. The summed E-state index contributed by atoms with van der Waals surface area (Å²) >= 11 is 0. The molecule has 0 radical (unpaired) electrons. The smallest absolute Gasteiger partial charge is 0.308 e. The van der Waals surface area contributed by atoms with Crippen LogP contribution in [-0.2, 0) is 14.4 Å². The van der Waals surface area contributed by atoms with Gasteiger partial charge in [-0.1, -0.05) is 49.4 Å². The summed E-state index contributed by atoms with van der Waals surface area (Å²) in [4.78, 5) is 36.2. The summed E-state index contributed by atoms with van der Waals surface area (Å²) in [6.07, 6.45) is 1.77. The first-order valence-corrected chi connectivity index (χ1v) is 9.64. The molecule has 0 bridgehead atoms. The number of carbonyl (C=O) groups excluding carboxylic acids is 2. The van der Waals surface area contributed by atoms with Crippen molar-refractivity contribution in [2.24, 2.45) is 16.9 Å². The summed E-state index contributed by atoms with van der Waals surface area (Å²) in [5.74, 6) is 2.66. The second-order valence-corrected chi connectivity index (χ2v) is 6.76. The van der Waals surface area contributed by atoms with Gasteiger partial charge in [-0.05, 0) is 29.7 Å². The van der Waals surface area contributed by atoms with Crippen molar-refractivity contribution in [2.75, 3.05) is 5.32 Å². The lowest BCUT2D eigenvalue weighted by Crippen LogP contribution is -2.36. The Morgan fingerprint density at radius 1 is 1.03 bits per heavy atom. The summed E-state index contributed by atoms with van der Waals surface area (Å²) in [7, 11) is 0. The molecule has 0 spiro atoms. The highest BCUT2D eigenvalue weighted by Crippen LogP contribution is 2.25. The van der Waals surface area contributed by atoms with Crippen molar-refractivity contribution >= 4 is 29.7 Å². The number of anilines is 1. The molecular weight excluding hydrogens is 384 g/mol. The summed E-state index contributed by atoms with van der Waals surface area (Å²) in [6.45, 7) is 1.76. The third-order valence-corrected chi connectivity index (χ3v) is 4.63. The molecule has 30 heavy (non-hydrogen) atoms. The van der Waals surface area contributed by atoms with E-state index in [1.165, 1.54) is 6.21 Å². The number of rotatable bonds is 10. The third-order valence-electron chi connectivity index (χ3n) is 4.63. The second-order valence-electron chi connectivity index (χ2n) is 6.76. The van der Waals surface area contributed by atoms with E-state index in [9.17, 15) is 19.5 Å².